The Kier molecular flexibility index (Phi) is 8.50. The van der Waals surface area contributed by atoms with Crippen molar-refractivity contribution in [3.63, 3.8) is 0 Å². The van der Waals surface area contributed by atoms with Crippen molar-refractivity contribution < 1.29 is 23.5 Å². The normalized spacial score (nSPS) is 12.8. The summed E-state index contributed by atoms with van der Waals surface area (Å²) < 4.78 is 18.1. The highest BCUT2D eigenvalue weighted by Gasteiger charge is 2.26. The molecule has 0 aromatic heterocycles. The zero-order valence-corrected chi connectivity index (χ0v) is 15.2. The van der Waals surface area contributed by atoms with Gasteiger partial charge in [0.25, 0.3) is 5.91 Å². The van der Waals surface area contributed by atoms with Crippen LogP contribution in [0.25, 0.3) is 0 Å². The van der Waals surface area contributed by atoms with E-state index >= 15 is 0 Å². The molecule has 10 heteroatoms. The molecule has 0 aliphatic carbocycles. The fraction of sp³-hybridized carbons (Fsp3) is 0.400. The molecule has 0 fully saturated rings. The van der Waals surface area contributed by atoms with E-state index in [0.29, 0.717) is 12.2 Å². The number of ether oxygens (including phenoxy) is 1. The highest BCUT2D eigenvalue weighted by Crippen LogP contribution is 2.22. The van der Waals surface area contributed by atoms with Crippen molar-refractivity contribution in [1.29, 1.82) is 0 Å². The van der Waals surface area contributed by atoms with E-state index in [9.17, 15) is 18.8 Å². The largest absolute Gasteiger partial charge is 0.451 e. The van der Waals surface area contributed by atoms with Crippen LogP contribution in [0.3, 0.4) is 0 Å². The molecular weight excluding hydrogens is 373 g/mol. The van der Waals surface area contributed by atoms with E-state index in [-0.39, 0.29) is 10.7 Å². The summed E-state index contributed by atoms with van der Waals surface area (Å²) in [6.07, 6.45) is 0.996. The molecule has 3 amide bonds. The first-order valence-corrected chi connectivity index (χ1v) is 9.03. The molecular formula is C15H19ClFN3O4S. The van der Waals surface area contributed by atoms with Gasteiger partial charge in [0.2, 0.25) is 0 Å². The third-order valence-corrected chi connectivity index (χ3v) is 4.02. The Labute approximate surface area is 153 Å². The molecule has 7 nitrogen and oxygen atoms in total. The number of carbonyl (C=O) groups excluding carboxylic acids is 3. The Morgan fingerprint density at radius 2 is 2.08 bits per heavy atom. The Hall–Kier alpha value is -2.00. The lowest BCUT2D eigenvalue weighted by atomic mass is 10.2. The van der Waals surface area contributed by atoms with Crippen molar-refractivity contribution in [2.75, 3.05) is 17.3 Å². The number of urea groups is 1. The zero-order chi connectivity index (χ0) is 19.0. The van der Waals surface area contributed by atoms with E-state index in [4.69, 9.17) is 22.1 Å². The molecule has 138 valence electrons. The fourth-order valence-corrected chi connectivity index (χ4v) is 2.48. The average Bonchev–Trinajstić information content (AvgIpc) is 2.53. The van der Waals surface area contributed by atoms with Crippen molar-refractivity contribution in [2.45, 2.75) is 25.5 Å². The van der Waals surface area contributed by atoms with E-state index in [1.54, 1.807) is 0 Å². The SMILES string of the molecule is CSCC[C@H](NC(N)=O)C(=O)O[C@@H](C)C(=O)Nc1ccc(F)cc1Cl. The number of benzene rings is 1. The minimum absolute atomic E-state index is 0.0140. The molecule has 0 saturated heterocycles. The Balaban J connectivity index is 2.67. The van der Waals surface area contributed by atoms with Gasteiger partial charge in [-0.05, 0) is 43.6 Å². The summed E-state index contributed by atoms with van der Waals surface area (Å²) in [7, 11) is 0. The van der Waals surface area contributed by atoms with Gasteiger partial charge in [-0.15, -0.1) is 0 Å². The van der Waals surface area contributed by atoms with E-state index in [2.05, 4.69) is 10.6 Å². The molecule has 0 saturated carbocycles. The first-order chi connectivity index (χ1) is 11.7. The summed E-state index contributed by atoms with van der Waals surface area (Å²) in [5, 5.41) is 4.73. The van der Waals surface area contributed by atoms with Crippen LogP contribution in [0.5, 0.6) is 0 Å². The predicted molar refractivity (Wildman–Crippen MR) is 95.1 cm³/mol. The van der Waals surface area contributed by atoms with Gasteiger partial charge in [-0.2, -0.15) is 11.8 Å². The van der Waals surface area contributed by atoms with Gasteiger partial charge in [-0.25, -0.2) is 14.0 Å². The van der Waals surface area contributed by atoms with Crippen LogP contribution in [0.4, 0.5) is 14.9 Å². The number of hydrogen-bond acceptors (Lipinski definition) is 5. The van der Waals surface area contributed by atoms with Gasteiger partial charge in [0.1, 0.15) is 11.9 Å². The average molecular weight is 392 g/mol. The molecule has 1 aromatic carbocycles. The van der Waals surface area contributed by atoms with Crippen LogP contribution in [0.2, 0.25) is 5.02 Å². The van der Waals surface area contributed by atoms with Crippen LogP contribution < -0.4 is 16.4 Å². The number of nitrogens with one attached hydrogen (secondary N) is 2. The molecule has 0 spiro atoms. The first kappa shape index (κ1) is 21.0. The van der Waals surface area contributed by atoms with E-state index in [0.717, 1.165) is 12.1 Å². The molecule has 0 unspecified atom stereocenters. The lowest BCUT2D eigenvalue weighted by Gasteiger charge is -2.19. The molecule has 0 bridgehead atoms. The van der Waals surface area contributed by atoms with Crippen LogP contribution in [0.15, 0.2) is 18.2 Å². The summed E-state index contributed by atoms with van der Waals surface area (Å²) in [5.74, 6) is -1.38. The Morgan fingerprint density at radius 1 is 1.40 bits per heavy atom. The number of anilines is 1. The van der Waals surface area contributed by atoms with Crippen molar-refractivity contribution in [2.24, 2.45) is 5.73 Å². The first-order valence-electron chi connectivity index (χ1n) is 7.26. The zero-order valence-electron chi connectivity index (χ0n) is 13.7. The van der Waals surface area contributed by atoms with Gasteiger partial charge >= 0.3 is 12.0 Å². The smallest absolute Gasteiger partial charge is 0.329 e. The van der Waals surface area contributed by atoms with Crippen molar-refractivity contribution in [3.8, 4) is 0 Å². The number of carbonyl (C=O) groups is 3. The third kappa shape index (κ3) is 7.18. The van der Waals surface area contributed by atoms with Gasteiger partial charge in [0.15, 0.2) is 6.10 Å². The highest BCUT2D eigenvalue weighted by atomic mass is 35.5. The molecule has 25 heavy (non-hydrogen) atoms. The quantitative estimate of drug-likeness (QED) is 0.588. The molecule has 4 N–H and O–H groups in total. The van der Waals surface area contributed by atoms with Gasteiger partial charge in [-0.3, -0.25) is 4.79 Å². The second-order valence-electron chi connectivity index (χ2n) is 5.04. The van der Waals surface area contributed by atoms with Crippen molar-refractivity contribution in [3.05, 3.63) is 29.0 Å². The second-order valence-corrected chi connectivity index (χ2v) is 6.43. The molecule has 1 rings (SSSR count). The summed E-state index contributed by atoms with van der Waals surface area (Å²) >= 11 is 7.30. The number of esters is 1. The number of amides is 3. The highest BCUT2D eigenvalue weighted by molar-refractivity contribution is 7.98. The lowest BCUT2D eigenvalue weighted by molar-refractivity contribution is -0.155. The van der Waals surface area contributed by atoms with Crippen LogP contribution in [0.1, 0.15) is 13.3 Å². The van der Waals surface area contributed by atoms with Crippen molar-refractivity contribution in [1.82, 2.24) is 5.32 Å². The summed E-state index contributed by atoms with van der Waals surface area (Å²) in [6.45, 7) is 1.36. The minimum atomic E-state index is -1.15. The third-order valence-electron chi connectivity index (χ3n) is 3.06. The Morgan fingerprint density at radius 3 is 2.64 bits per heavy atom. The van der Waals surface area contributed by atoms with Gasteiger partial charge in [0.05, 0.1) is 10.7 Å². The molecule has 0 heterocycles. The molecule has 2 atom stereocenters. The van der Waals surface area contributed by atoms with E-state index < -0.39 is 35.9 Å². The van der Waals surface area contributed by atoms with E-state index in [1.807, 2.05) is 6.26 Å². The number of primary amides is 1. The monoisotopic (exact) mass is 391 g/mol. The number of rotatable bonds is 8. The van der Waals surface area contributed by atoms with Gasteiger partial charge in [-0.1, -0.05) is 11.6 Å². The van der Waals surface area contributed by atoms with Crippen LogP contribution in [-0.2, 0) is 14.3 Å². The van der Waals surface area contributed by atoms with Gasteiger partial charge < -0.3 is 21.1 Å². The number of halogens is 2. The molecule has 0 aliphatic heterocycles. The minimum Gasteiger partial charge on any atom is -0.451 e. The topological polar surface area (TPSA) is 111 Å². The van der Waals surface area contributed by atoms with Gasteiger partial charge in [0, 0.05) is 0 Å². The van der Waals surface area contributed by atoms with E-state index in [1.165, 1.54) is 24.8 Å². The fourth-order valence-electron chi connectivity index (χ4n) is 1.79. The number of nitrogens with two attached hydrogens (primary N) is 1. The predicted octanol–water partition coefficient (Wildman–Crippen LogP) is 2.14. The molecule has 1 aromatic rings. The second kappa shape index (κ2) is 10.1. The van der Waals surface area contributed by atoms with Crippen molar-refractivity contribution >= 4 is 47.0 Å². The van der Waals surface area contributed by atoms with Crippen LogP contribution in [0, 0.1) is 5.82 Å². The Bertz CT molecular complexity index is 647. The maximum atomic E-state index is 13.0. The summed E-state index contributed by atoms with van der Waals surface area (Å²) in [6, 6.07) is 1.66. The lowest BCUT2D eigenvalue weighted by Crippen LogP contribution is -2.46. The molecule has 0 aliphatic rings. The standard InChI is InChI=1S/C15H19ClFN3O4S/c1-8(13(21)19-11-4-3-9(17)7-10(11)16)24-14(22)12(5-6-25-2)20-15(18)23/h3-4,7-8,12H,5-6H2,1-2H3,(H,19,21)(H3,18,20,23)/t8-,12-/m0/s1. The van der Waals surface area contributed by atoms with Crippen LogP contribution in [-0.4, -0.2) is 42.1 Å². The maximum Gasteiger partial charge on any atom is 0.329 e. The van der Waals surface area contributed by atoms with Crippen LogP contribution >= 0.6 is 23.4 Å². The summed E-state index contributed by atoms with van der Waals surface area (Å²) in [5.41, 5.74) is 5.22. The summed E-state index contributed by atoms with van der Waals surface area (Å²) in [4.78, 5) is 35.2. The molecule has 0 radical (unpaired) electrons. The number of hydrogen-bond donors (Lipinski definition) is 3. The maximum absolute atomic E-state index is 13.0. The number of thioether (sulfide) groups is 1.